The first-order valence-corrected chi connectivity index (χ1v) is 12.3. The molecule has 1 heterocycles. The summed E-state index contributed by atoms with van der Waals surface area (Å²) < 4.78 is 5.27. The quantitative estimate of drug-likeness (QED) is 0.608. The van der Waals surface area contributed by atoms with Crippen molar-refractivity contribution >= 4 is 11.9 Å². The van der Waals surface area contributed by atoms with Crippen molar-refractivity contribution < 1.29 is 14.3 Å². The second-order valence-electron chi connectivity index (χ2n) is 10.4. The number of nitrogens with zero attached hydrogens (tertiary/aromatic N) is 4. The van der Waals surface area contributed by atoms with Crippen molar-refractivity contribution in [3.63, 3.8) is 0 Å². The molecule has 1 saturated carbocycles. The van der Waals surface area contributed by atoms with E-state index >= 15 is 0 Å². The molecule has 1 aliphatic carbocycles. The average Bonchev–Trinajstić information content (AvgIpc) is 3.10. The zero-order valence-corrected chi connectivity index (χ0v) is 21.7. The van der Waals surface area contributed by atoms with Crippen LogP contribution in [0.2, 0.25) is 0 Å². The van der Waals surface area contributed by atoms with Crippen molar-refractivity contribution in [2.24, 2.45) is 0 Å². The first kappa shape index (κ1) is 25.0. The number of methoxy groups -OCH3 is 1. The van der Waals surface area contributed by atoms with Gasteiger partial charge in [0.1, 0.15) is 12.3 Å². The van der Waals surface area contributed by atoms with E-state index in [-0.39, 0.29) is 29.6 Å². The summed E-state index contributed by atoms with van der Waals surface area (Å²) in [6, 6.07) is 18.5. The standard InChI is InChI=1S/C28H38N4O3/c1-29(2)25(33)20-32-26(34)31(19-22-11-13-24(35-5)14-12-22)21-27(32)15-17-28(18-16-27,30(3)4)23-9-7-6-8-10-23/h6-14H,15-21H2,1-5H3. The smallest absolute Gasteiger partial charge is 0.321 e. The number of ether oxygens (including phenoxy) is 1. The van der Waals surface area contributed by atoms with Gasteiger partial charge in [-0.05, 0) is 63.0 Å². The highest BCUT2D eigenvalue weighted by atomic mass is 16.5. The van der Waals surface area contributed by atoms with Crippen LogP contribution in [0.4, 0.5) is 4.79 Å². The molecule has 35 heavy (non-hydrogen) atoms. The highest BCUT2D eigenvalue weighted by molar-refractivity contribution is 5.86. The van der Waals surface area contributed by atoms with Gasteiger partial charge in [-0.1, -0.05) is 42.5 Å². The topological polar surface area (TPSA) is 56.3 Å². The van der Waals surface area contributed by atoms with Crippen molar-refractivity contribution in [2.75, 3.05) is 48.4 Å². The van der Waals surface area contributed by atoms with Crippen molar-refractivity contribution in [3.05, 3.63) is 65.7 Å². The average molecular weight is 479 g/mol. The highest BCUT2D eigenvalue weighted by Crippen LogP contribution is 2.49. The molecule has 7 nitrogen and oxygen atoms in total. The van der Waals surface area contributed by atoms with E-state index in [2.05, 4.69) is 49.3 Å². The minimum Gasteiger partial charge on any atom is -0.497 e. The molecule has 3 amide bonds. The minimum atomic E-state index is -0.344. The number of hydrogen-bond acceptors (Lipinski definition) is 4. The molecule has 4 rings (SSSR count). The fourth-order valence-corrected chi connectivity index (χ4v) is 5.77. The maximum Gasteiger partial charge on any atom is 0.321 e. The van der Waals surface area contributed by atoms with Crippen LogP contribution >= 0.6 is 0 Å². The van der Waals surface area contributed by atoms with Gasteiger partial charge in [0.2, 0.25) is 5.91 Å². The summed E-state index contributed by atoms with van der Waals surface area (Å²) in [5.41, 5.74) is 1.95. The first-order chi connectivity index (χ1) is 16.7. The predicted octanol–water partition coefficient (Wildman–Crippen LogP) is 3.79. The Hall–Kier alpha value is -3.06. The van der Waals surface area contributed by atoms with Crippen molar-refractivity contribution in [1.82, 2.24) is 19.6 Å². The largest absolute Gasteiger partial charge is 0.497 e. The number of rotatable bonds is 7. The number of carbonyl (C=O) groups excluding carboxylic acids is 2. The van der Waals surface area contributed by atoms with Gasteiger partial charge in [0.05, 0.1) is 12.6 Å². The highest BCUT2D eigenvalue weighted by Gasteiger charge is 2.54. The number of carbonyl (C=O) groups is 2. The van der Waals surface area contributed by atoms with E-state index in [1.54, 1.807) is 26.1 Å². The molecular formula is C28H38N4O3. The Balaban J connectivity index is 1.60. The van der Waals surface area contributed by atoms with E-state index < -0.39 is 0 Å². The zero-order chi connectivity index (χ0) is 25.2. The fraction of sp³-hybridized carbons (Fsp3) is 0.500. The molecule has 0 aromatic heterocycles. The lowest BCUT2D eigenvalue weighted by Crippen LogP contribution is -2.57. The normalized spacial score (nSPS) is 24.3. The summed E-state index contributed by atoms with van der Waals surface area (Å²) in [6.45, 7) is 1.27. The van der Waals surface area contributed by atoms with Gasteiger partial charge in [-0.2, -0.15) is 0 Å². The Bertz CT molecular complexity index is 1030. The molecule has 1 saturated heterocycles. The van der Waals surface area contributed by atoms with Gasteiger partial charge in [-0.3, -0.25) is 9.69 Å². The third-order valence-electron chi connectivity index (χ3n) is 8.06. The number of hydrogen-bond donors (Lipinski definition) is 0. The van der Waals surface area contributed by atoms with Crippen LogP contribution < -0.4 is 4.74 Å². The summed E-state index contributed by atoms with van der Waals surface area (Å²) in [4.78, 5) is 34.1. The van der Waals surface area contributed by atoms with Gasteiger partial charge in [0, 0.05) is 32.7 Å². The Kier molecular flexibility index (Phi) is 7.08. The first-order valence-electron chi connectivity index (χ1n) is 12.3. The number of likely N-dealkylation sites (N-methyl/N-ethyl adjacent to an activating group) is 1. The summed E-state index contributed by atoms with van der Waals surface area (Å²) >= 11 is 0. The molecule has 1 aliphatic heterocycles. The van der Waals surface area contributed by atoms with E-state index in [0.29, 0.717) is 13.1 Å². The van der Waals surface area contributed by atoms with Crippen LogP contribution in [0.5, 0.6) is 5.75 Å². The molecule has 188 valence electrons. The molecule has 2 aliphatic rings. The second kappa shape index (κ2) is 9.90. The third kappa shape index (κ3) is 4.74. The van der Waals surface area contributed by atoms with Crippen molar-refractivity contribution in [3.8, 4) is 5.75 Å². The summed E-state index contributed by atoms with van der Waals surface area (Å²) in [6.07, 6.45) is 3.57. The number of urea groups is 1. The molecule has 0 radical (unpaired) electrons. The Labute approximate surface area is 209 Å². The summed E-state index contributed by atoms with van der Waals surface area (Å²) in [7, 11) is 9.44. The molecule has 0 atom stereocenters. The van der Waals surface area contributed by atoms with Gasteiger partial charge in [0.25, 0.3) is 0 Å². The SMILES string of the molecule is COc1ccc(CN2CC3(CCC(c4ccccc4)(N(C)C)CC3)N(CC(=O)N(C)C)C2=O)cc1. The van der Waals surface area contributed by atoms with Gasteiger partial charge in [-0.25, -0.2) is 4.79 Å². The van der Waals surface area contributed by atoms with Gasteiger partial charge < -0.3 is 19.4 Å². The second-order valence-corrected chi connectivity index (χ2v) is 10.4. The van der Waals surface area contributed by atoms with Crippen molar-refractivity contribution in [2.45, 2.75) is 43.3 Å². The molecule has 1 spiro atoms. The van der Waals surface area contributed by atoms with Crippen LogP contribution in [0.3, 0.4) is 0 Å². The van der Waals surface area contributed by atoms with Crippen molar-refractivity contribution in [1.29, 1.82) is 0 Å². The van der Waals surface area contributed by atoms with E-state index in [0.717, 1.165) is 37.0 Å². The van der Waals surface area contributed by atoms with Gasteiger partial charge >= 0.3 is 6.03 Å². The monoisotopic (exact) mass is 478 g/mol. The zero-order valence-electron chi connectivity index (χ0n) is 21.7. The number of benzene rings is 2. The lowest BCUT2D eigenvalue weighted by Gasteiger charge is -2.51. The van der Waals surface area contributed by atoms with Gasteiger partial charge in [-0.15, -0.1) is 0 Å². The maximum atomic E-state index is 13.7. The lowest BCUT2D eigenvalue weighted by molar-refractivity contribution is -0.130. The van der Waals surface area contributed by atoms with Crippen LogP contribution in [-0.2, 0) is 16.9 Å². The molecule has 2 aromatic rings. The summed E-state index contributed by atoms with van der Waals surface area (Å²) in [5.74, 6) is 0.751. The van der Waals surface area contributed by atoms with Crippen LogP contribution in [0.25, 0.3) is 0 Å². The van der Waals surface area contributed by atoms with E-state index in [9.17, 15) is 9.59 Å². The number of amides is 3. The maximum absolute atomic E-state index is 13.7. The van der Waals surface area contributed by atoms with Gasteiger partial charge in [0.15, 0.2) is 0 Å². The molecule has 2 aromatic carbocycles. The Morgan fingerprint density at radius 3 is 2.11 bits per heavy atom. The third-order valence-corrected chi connectivity index (χ3v) is 8.06. The molecule has 7 heteroatoms. The Morgan fingerprint density at radius 2 is 1.57 bits per heavy atom. The molecule has 2 fully saturated rings. The molecule has 0 unspecified atom stereocenters. The summed E-state index contributed by atoms with van der Waals surface area (Å²) in [5, 5.41) is 0. The van der Waals surface area contributed by atoms with Crippen LogP contribution in [0.15, 0.2) is 54.6 Å². The van der Waals surface area contributed by atoms with E-state index in [1.165, 1.54) is 5.56 Å². The van der Waals surface area contributed by atoms with Crippen LogP contribution in [-0.4, -0.2) is 85.5 Å². The fourth-order valence-electron chi connectivity index (χ4n) is 5.77. The van der Waals surface area contributed by atoms with E-state index in [1.807, 2.05) is 34.1 Å². The minimum absolute atomic E-state index is 0.0449. The van der Waals surface area contributed by atoms with Crippen LogP contribution in [0, 0.1) is 0 Å². The predicted molar refractivity (Wildman–Crippen MR) is 137 cm³/mol. The molecule has 0 bridgehead atoms. The van der Waals surface area contributed by atoms with Crippen LogP contribution in [0.1, 0.15) is 36.8 Å². The lowest BCUT2D eigenvalue weighted by atomic mass is 9.68. The molecular weight excluding hydrogens is 440 g/mol. The van der Waals surface area contributed by atoms with E-state index in [4.69, 9.17) is 4.74 Å². The molecule has 0 N–H and O–H groups in total. The Morgan fingerprint density at radius 1 is 0.943 bits per heavy atom.